The van der Waals surface area contributed by atoms with Crippen LogP contribution < -0.4 is 5.32 Å². The number of aryl methyl sites for hydroxylation is 1. The van der Waals surface area contributed by atoms with Gasteiger partial charge in [0.05, 0.1) is 3.79 Å². The van der Waals surface area contributed by atoms with Crippen LogP contribution in [0.1, 0.15) is 30.3 Å². The Bertz CT molecular complexity index is 257. The van der Waals surface area contributed by atoms with Gasteiger partial charge in [0, 0.05) is 10.9 Å². The number of nitrogens with one attached hydrogen (secondary N) is 1. The topological polar surface area (TPSA) is 12.0 Å². The summed E-state index contributed by atoms with van der Waals surface area (Å²) < 4.78 is 1.22. The molecule has 3 heteroatoms. The van der Waals surface area contributed by atoms with E-state index in [0.29, 0.717) is 6.04 Å². The molecule has 1 unspecified atom stereocenters. The van der Waals surface area contributed by atoms with Crippen LogP contribution in [0.15, 0.2) is 9.85 Å². The van der Waals surface area contributed by atoms with E-state index in [2.05, 4.69) is 48.1 Å². The van der Waals surface area contributed by atoms with Gasteiger partial charge in [0.25, 0.3) is 0 Å². The van der Waals surface area contributed by atoms with E-state index < -0.39 is 0 Å². The molecule has 1 aromatic heterocycles. The van der Waals surface area contributed by atoms with Crippen molar-refractivity contribution in [3.8, 4) is 0 Å². The van der Waals surface area contributed by atoms with Crippen molar-refractivity contribution in [3.05, 3.63) is 20.3 Å². The van der Waals surface area contributed by atoms with Gasteiger partial charge >= 0.3 is 0 Å². The predicted molar refractivity (Wildman–Crippen MR) is 58.8 cm³/mol. The summed E-state index contributed by atoms with van der Waals surface area (Å²) >= 11 is 5.29. The number of hydrogen-bond acceptors (Lipinski definition) is 2. The van der Waals surface area contributed by atoms with Crippen LogP contribution in [0.2, 0.25) is 0 Å². The summed E-state index contributed by atoms with van der Waals surface area (Å²) in [6.07, 6.45) is 0. The lowest BCUT2D eigenvalue weighted by molar-refractivity contribution is 0.597. The van der Waals surface area contributed by atoms with E-state index in [9.17, 15) is 0 Å². The molecule has 0 aliphatic heterocycles. The molecule has 0 aliphatic carbocycles. The molecule has 0 aromatic carbocycles. The zero-order valence-electron chi connectivity index (χ0n) is 7.65. The summed E-state index contributed by atoms with van der Waals surface area (Å²) in [6.45, 7) is 7.52. The van der Waals surface area contributed by atoms with E-state index >= 15 is 0 Å². The van der Waals surface area contributed by atoms with E-state index in [0.717, 1.165) is 6.54 Å². The Labute approximate surface area is 86.3 Å². The number of thiophene rings is 1. The van der Waals surface area contributed by atoms with Crippen molar-refractivity contribution in [1.29, 1.82) is 0 Å². The molecule has 1 atom stereocenters. The Morgan fingerprint density at radius 3 is 2.75 bits per heavy atom. The van der Waals surface area contributed by atoms with Gasteiger partial charge in [-0.15, -0.1) is 11.3 Å². The largest absolute Gasteiger partial charge is 0.310 e. The molecule has 0 saturated heterocycles. The van der Waals surface area contributed by atoms with E-state index in [1.54, 1.807) is 11.3 Å². The lowest BCUT2D eigenvalue weighted by Crippen LogP contribution is -2.17. The molecule has 0 aliphatic rings. The second-order valence-electron chi connectivity index (χ2n) is 2.84. The second-order valence-corrected chi connectivity index (χ2v) is 5.48. The summed E-state index contributed by atoms with van der Waals surface area (Å²) in [4.78, 5) is 1.40. The van der Waals surface area contributed by atoms with E-state index in [1.165, 1.54) is 14.2 Å². The summed E-state index contributed by atoms with van der Waals surface area (Å²) in [6, 6.07) is 2.67. The Morgan fingerprint density at radius 2 is 2.33 bits per heavy atom. The lowest BCUT2D eigenvalue weighted by atomic mass is 10.1. The van der Waals surface area contributed by atoms with E-state index in [4.69, 9.17) is 0 Å². The van der Waals surface area contributed by atoms with Crippen LogP contribution in [0, 0.1) is 6.92 Å². The highest BCUT2D eigenvalue weighted by molar-refractivity contribution is 9.11. The van der Waals surface area contributed by atoms with E-state index in [-0.39, 0.29) is 0 Å². The van der Waals surface area contributed by atoms with Crippen molar-refractivity contribution in [2.24, 2.45) is 0 Å². The quantitative estimate of drug-likeness (QED) is 0.863. The zero-order valence-corrected chi connectivity index (χ0v) is 10.1. The van der Waals surface area contributed by atoms with Crippen LogP contribution in [-0.2, 0) is 0 Å². The predicted octanol–water partition coefficient (Wildman–Crippen LogP) is 3.49. The standard InChI is InChI=1S/C9H14BrNS/c1-4-11-6(2)8-5-9(10)12-7(8)3/h5-6,11H,4H2,1-3H3. The third-order valence-electron chi connectivity index (χ3n) is 1.90. The third kappa shape index (κ3) is 2.31. The van der Waals surface area contributed by atoms with E-state index in [1.807, 2.05) is 0 Å². The van der Waals surface area contributed by atoms with Gasteiger partial charge in [-0.1, -0.05) is 6.92 Å². The van der Waals surface area contributed by atoms with Crippen LogP contribution in [-0.4, -0.2) is 6.54 Å². The highest BCUT2D eigenvalue weighted by atomic mass is 79.9. The van der Waals surface area contributed by atoms with Crippen LogP contribution >= 0.6 is 27.3 Å². The molecule has 0 saturated carbocycles. The van der Waals surface area contributed by atoms with Crippen LogP contribution in [0.5, 0.6) is 0 Å². The average molecular weight is 248 g/mol. The molecule has 0 radical (unpaired) electrons. The maximum Gasteiger partial charge on any atom is 0.0704 e. The van der Waals surface area contributed by atoms with Crippen LogP contribution in [0.3, 0.4) is 0 Å². The molecule has 12 heavy (non-hydrogen) atoms. The Hall–Kier alpha value is 0.140. The van der Waals surface area contributed by atoms with Gasteiger partial charge in [-0.2, -0.15) is 0 Å². The minimum atomic E-state index is 0.470. The fourth-order valence-electron chi connectivity index (χ4n) is 1.30. The van der Waals surface area contributed by atoms with Gasteiger partial charge in [0.15, 0.2) is 0 Å². The molecule has 0 bridgehead atoms. The summed E-state index contributed by atoms with van der Waals surface area (Å²) in [7, 11) is 0. The molecule has 1 aromatic rings. The first kappa shape index (κ1) is 10.2. The SMILES string of the molecule is CCNC(C)c1cc(Br)sc1C. The van der Waals surface area contributed by atoms with Gasteiger partial charge in [-0.25, -0.2) is 0 Å². The van der Waals surface area contributed by atoms with Gasteiger partial charge in [0.1, 0.15) is 0 Å². The number of halogens is 1. The van der Waals surface area contributed by atoms with Crippen molar-refractivity contribution < 1.29 is 0 Å². The summed E-state index contributed by atoms with van der Waals surface area (Å²) in [5, 5.41) is 3.40. The van der Waals surface area contributed by atoms with Crippen molar-refractivity contribution >= 4 is 27.3 Å². The molecule has 0 fully saturated rings. The fourth-order valence-corrected chi connectivity index (χ4v) is 3.11. The van der Waals surface area contributed by atoms with Crippen molar-refractivity contribution in [1.82, 2.24) is 5.32 Å². The van der Waals surface area contributed by atoms with Crippen LogP contribution in [0.25, 0.3) is 0 Å². The molecule has 1 heterocycles. The first-order chi connectivity index (χ1) is 5.65. The highest BCUT2D eigenvalue weighted by Crippen LogP contribution is 2.30. The Balaban J connectivity index is 2.79. The first-order valence-corrected chi connectivity index (χ1v) is 5.75. The number of hydrogen-bond donors (Lipinski definition) is 1. The van der Waals surface area contributed by atoms with Crippen molar-refractivity contribution in [2.75, 3.05) is 6.54 Å². The third-order valence-corrected chi connectivity index (χ3v) is 3.47. The molecule has 68 valence electrons. The number of rotatable bonds is 3. The van der Waals surface area contributed by atoms with Crippen LogP contribution in [0.4, 0.5) is 0 Å². The van der Waals surface area contributed by atoms with Gasteiger partial charge in [0.2, 0.25) is 0 Å². The fraction of sp³-hybridized carbons (Fsp3) is 0.556. The molecule has 1 rings (SSSR count). The Kier molecular flexibility index (Phi) is 3.75. The van der Waals surface area contributed by atoms with Gasteiger partial charge in [-0.3, -0.25) is 0 Å². The minimum absolute atomic E-state index is 0.470. The lowest BCUT2D eigenvalue weighted by Gasteiger charge is -2.11. The molecule has 1 nitrogen and oxygen atoms in total. The smallest absolute Gasteiger partial charge is 0.0704 e. The zero-order chi connectivity index (χ0) is 9.14. The molecule has 1 N–H and O–H groups in total. The van der Waals surface area contributed by atoms with Gasteiger partial charge < -0.3 is 5.32 Å². The molecule has 0 amide bonds. The molecule has 0 spiro atoms. The summed E-state index contributed by atoms with van der Waals surface area (Å²) in [5.41, 5.74) is 1.41. The average Bonchev–Trinajstić information content (AvgIpc) is 2.30. The van der Waals surface area contributed by atoms with Gasteiger partial charge in [-0.05, 0) is 48.0 Å². The highest BCUT2D eigenvalue weighted by Gasteiger charge is 2.09. The monoisotopic (exact) mass is 247 g/mol. The normalized spacial score (nSPS) is 13.3. The second kappa shape index (κ2) is 4.40. The van der Waals surface area contributed by atoms with Crippen molar-refractivity contribution in [3.63, 3.8) is 0 Å². The Morgan fingerprint density at radius 1 is 1.67 bits per heavy atom. The molecular weight excluding hydrogens is 234 g/mol. The first-order valence-electron chi connectivity index (χ1n) is 4.14. The van der Waals surface area contributed by atoms with Crippen molar-refractivity contribution in [2.45, 2.75) is 26.8 Å². The molecular formula is C9H14BrNS. The summed E-state index contributed by atoms with van der Waals surface area (Å²) in [5.74, 6) is 0. The maximum absolute atomic E-state index is 3.49. The minimum Gasteiger partial charge on any atom is -0.310 e. The maximum atomic E-state index is 3.49.